The molecule has 0 fully saturated rings. The van der Waals surface area contributed by atoms with Crippen molar-refractivity contribution in [3.8, 4) is 11.5 Å². The minimum absolute atomic E-state index is 0.0216. The van der Waals surface area contributed by atoms with Crippen molar-refractivity contribution in [3.63, 3.8) is 0 Å². The molecule has 4 rings (SSSR count). The normalized spacial score (nSPS) is 11.1. The molecule has 4 aromatic rings. The van der Waals surface area contributed by atoms with Crippen LogP contribution in [0.25, 0.3) is 22.4 Å². The summed E-state index contributed by atoms with van der Waals surface area (Å²) < 4.78 is 10.7. The zero-order valence-electron chi connectivity index (χ0n) is 14.0. The first-order valence-corrected chi connectivity index (χ1v) is 9.73. The number of benzene rings is 2. The fourth-order valence-electron chi connectivity index (χ4n) is 2.50. The monoisotopic (exact) mass is 432 g/mol. The maximum Gasteiger partial charge on any atom is 0.347 e. The largest absolute Gasteiger partial charge is 0.422 e. The number of carbonyl (C=O) groups excluding carboxylic acids is 1. The molecular weight excluding hydrogens is 423 g/mol. The van der Waals surface area contributed by atoms with Crippen LogP contribution in [0.2, 0.25) is 10.0 Å². The van der Waals surface area contributed by atoms with Gasteiger partial charge in [-0.25, -0.2) is 4.79 Å². The predicted octanol–water partition coefficient (Wildman–Crippen LogP) is 5.12. The lowest BCUT2D eigenvalue weighted by atomic mass is 10.1. The fraction of sp³-hybridized carbons (Fsp3) is 0.0526. The Morgan fingerprint density at radius 2 is 1.86 bits per heavy atom. The number of para-hydroxylation sites is 1. The van der Waals surface area contributed by atoms with Crippen molar-refractivity contribution in [3.05, 3.63) is 74.6 Å². The van der Waals surface area contributed by atoms with Gasteiger partial charge in [0, 0.05) is 10.4 Å². The Morgan fingerprint density at radius 1 is 1.04 bits per heavy atom. The van der Waals surface area contributed by atoms with Crippen molar-refractivity contribution in [2.45, 2.75) is 5.22 Å². The van der Waals surface area contributed by atoms with Crippen molar-refractivity contribution in [2.24, 2.45) is 0 Å². The second-order valence-corrected chi connectivity index (χ2v) is 7.46. The molecule has 0 aliphatic heterocycles. The molecule has 0 bridgehead atoms. The second-order valence-electron chi connectivity index (χ2n) is 5.69. The van der Waals surface area contributed by atoms with E-state index in [2.05, 4.69) is 10.2 Å². The summed E-state index contributed by atoms with van der Waals surface area (Å²) >= 11 is 13.0. The minimum atomic E-state index is -0.677. The highest BCUT2D eigenvalue weighted by atomic mass is 35.5. The zero-order chi connectivity index (χ0) is 19.7. The van der Waals surface area contributed by atoms with Crippen LogP contribution >= 0.6 is 35.0 Å². The summed E-state index contributed by atoms with van der Waals surface area (Å²) in [6, 6.07) is 13.4. The molecule has 140 valence electrons. The van der Waals surface area contributed by atoms with E-state index < -0.39 is 11.4 Å². The number of hydrogen-bond acceptors (Lipinski definition) is 7. The average Bonchev–Trinajstić information content (AvgIpc) is 3.14. The number of Topliss-reactive ketones (excluding diaryl/α,β-unsaturated/α-hetero) is 1. The minimum Gasteiger partial charge on any atom is -0.422 e. The third kappa shape index (κ3) is 3.82. The highest BCUT2D eigenvalue weighted by molar-refractivity contribution is 7.99. The van der Waals surface area contributed by atoms with Crippen LogP contribution < -0.4 is 5.63 Å². The maximum atomic E-state index is 12.4. The molecule has 2 aromatic carbocycles. The molecule has 0 aliphatic rings. The van der Waals surface area contributed by atoms with E-state index in [9.17, 15) is 9.59 Å². The average molecular weight is 433 g/mol. The highest BCUT2D eigenvalue weighted by Crippen LogP contribution is 2.31. The van der Waals surface area contributed by atoms with Gasteiger partial charge in [-0.3, -0.25) is 4.79 Å². The summed E-state index contributed by atoms with van der Waals surface area (Å²) in [4.78, 5) is 24.5. The Morgan fingerprint density at radius 3 is 2.68 bits per heavy atom. The summed E-state index contributed by atoms with van der Waals surface area (Å²) in [7, 11) is 0. The predicted molar refractivity (Wildman–Crippen MR) is 107 cm³/mol. The van der Waals surface area contributed by atoms with Gasteiger partial charge < -0.3 is 8.83 Å². The van der Waals surface area contributed by atoms with E-state index in [1.807, 2.05) is 0 Å². The third-order valence-corrected chi connectivity index (χ3v) is 5.20. The van der Waals surface area contributed by atoms with Crippen LogP contribution in [0, 0.1) is 0 Å². The van der Waals surface area contributed by atoms with Crippen molar-refractivity contribution in [1.29, 1.82) is 0 Å². The molecule has 2 aromatic heterocycles. The Kier molecular flexibility index (Phi) is 5.21. The number of nitrogens with zero attached hydrogens (tertiary/aromatic N) is 2. The van der Waals surface area contributed by atoms with Crippen LogP contribution in [0.3, 0.4) is 0 Å². The molecule has 0 N–H and O–H groups in total. The molecule has 0 radical (unpaired) electrons. The summed E-state index contributed by atoms with van der Waals surface area (Å²) in [6.45, 7) is 0. The van der Waals surface area contributed by atoms with E-state index in [-0.39, 0.29) is 22.4 Å². The molecule has 2 heterocycles. The quantitative estimate of drug-likeness (QED) is 0.245. The van der Waals surface area contributed by atoms with Gasteiger partial charge in [-0.1, -0.05) is 53.2 Å². The summed E-state index contributed by atoms with van der Waals surface area (Å²) in [5.41, 5.74) is 0.264. The fourth-order valence-corrected chi connectivity index (χ4v) is 3.64. The van der Waals surface area contributed by atoms with Gasteiger partial charge >= 0.3 is 5.63 Å². The van der Waals surface area contributed by atoms with Crippen LogP contribution in [-0.4, -0.2) is 21.7 Å². The van der Waals surface area contributed by atoms with Crippen LogP contribution in [-0.2, 0) is 0 Å². The molecule has 0 atom stereocenters. The lowest BCUT2D eigenvalue weighted by Crippen LogP contribution is -2.15. The van der Waals surface area contributed by atoms with Gasteiger partial charge in [-0.15, -0.1) is 10.2 Å². The molecule has 0 unspecified atom stereocenters. The number of thioether (sulfide) groups is 1. The van der Waals surface area contributed by atoms with Gasteiger partial charge in [0.1, 0.15) is 11.1 Å². The van der Waals surface area contributed by atoms with Crippen LogP contribution in [0.5, 0.6) is 0 Å². The summed E-state index contributed by atoms with van der Waals surface area (Å²) in [5, 5.41) is 9.54. The maximum absolute atomic E-state index is 12.4. The van der Waals surface area contributed by atoms with E-state index in [0.29, 0.717) is 26.6 Å². The molecule has 9 heteroatoms. The van der Waals surface area contributed by atoms with Crippen molar-refractivity contribution >= 4 is 51.7 Å². The van der Waals surface area contributed by atoms with E-state index in [4.69, 9.17) is 32.0 Å². The lowest BCUT2D eigenvalue weighted by Gasteiger charge is -2.01. The van der Waals surface area contributed by atoms with Gasteiger partial charge in [0.15, 0.2) is 5.78 Å². The molecular formula is C19H10Cl2N2O4S. The number of fused-ring (bicyclic) bond motifs is 1. The smallest absolute Gasteiger partial charge is 0.347 e. The second kappa shape index (κ2) is 7.79. The molecule has 0 amide bonds. The molecule has 0 saturated heterocycles. The van der Waals surface area contributed by atoms with Crippen LogP contribution in [0.1, 0.15) is 10.4 Å². The first-order chi connectivity index (χ1) is 13.5. The Labute approximate surface area is 172 Å². The summed E-state index contributed by atoms with van der Waals surface area (Å²) in [6.07, 6.45) is 0. The molecule has 6 nitrogen and oxygen atoms in total. The van der Waals surface area contributed by atoms with E-state index in [1.165, 1.54) is 6.07 Å². The SMILES string of the molecule is O=C(CSc1nnc(-c2ccc(Cl)cc2Cl)o1)c1cc2ccccc2oc1=O. The molecule has 28 heavy (non-hydrogen) atoms. The Balaban J connectivity index is 1.51. The van der Waals surface area contributed by atoms with Gasteiger partial charge in [0.2, 0.25) is 5.89 Å². The number of hydrogen-bond donors (Lipinski definition) is 0. The van der Waals surface area contributed by atoms with Gasteiger partial charge in [-0.05, 0) is 30.3 Å². The Hall–Kier alpha value is -2.61. The van der Waals surface area contributed by atoms with Crippen molar-refractivity contribution in [2.75, 3.05) is 5.75 Å². The topological polar surface area (TPSA) is 86.2 Å². The number of halogens is 2. The number of aromatic nitrogens is 2. The van der Waals surface area contributed by atoms with Crippen LogP contribution in [0.15, 0.2) is 67.4 Å². The number of ketones is 1. The zero-order valence-corrected chi connectivity index (χ0v) is 16.3. The highest BCUT2D eigenvalue weighted by Gasteiger charge is 2.17. The van der Waals surface area contributed by atoms with Gasteiger partial charge in [0.25, 0.3) is 5.22 Å². The van der Waals surface area contributed by atoms with Crippen LogP contribution in [0.4, 0.5) is 0 Å². The third-order valence-electron chi connectivity index (χ3n) is 3.84. The number of rotatable bonds is 5. The molecule has 0 aliphatic carbocycles. The van der Waals surface area contributed by atoms with Crippen molar-refractivity contribution in [1.82, 2.24) is 10.2 Å². The van der Waals surface area contributed by atoms with E-state index >= 15 is 0 Å². The van der Waals surface area contributed by atoms with Gasteiger partial charge in [-0.2, -0.15) is 0 Å². The standard InChI is InChI=1S/C19H10Cl2N2O4S/c20-11-5-6-12(14(21)8-11)17-22-23-19(27-17)28-9-15(24)13-7-10-3-1-2-4-16(10)26-18(13)25/h1-8H,9H2. The number of carbonyl (C=O) groups is 1. The molecule has 0 spiro atoms. The van der Waals surface area contributed by atoms with E-state index in [1.54, 1.807) is 42.5 Å². The lowest BCUT2D eigenvalue weighted by molar-refractivity contribution is 0.101. The summed E-state index contributed by atoms with van der Waals surface area (Å²) in [5.74, 6) is -0.241. The van der Waals surface area contributed by atoms with Crippen molar-refractivity contribution < 1.29 is 13.6 Å². The Bertz CT molecular complexity index is 1250. The molecule has 0 saturated carbocycles. The van der Waals surface area contributed by atoms with E-state index in [0.717, 1.165) is 11.8 Å². The van der Waals surface area contributed by atoms with Gasteiger partial charge in [0.05, 0.1) is 16.3 Å². The first kappa shape index (κ1) is 18.7. The first-order valence-electron chi connectivity index (χ1n) is 7.99.